The van der Waals surface area contributed by atoms with E-state index < -0.39 is 49.6 Å². The Balaban J connectivity index is 1.80. The summed E-state index contributed by atoms with van der Waals surface area (Å²) in [5, 5.41) is 10.2. The second-order valence-corrected chi connectivity index (χ2v) is 16.8. The zero-order valence-electron chi connectivity index (χ0n) is 24.5. The molecule has 7 nitrogen and oxygen atoms in total. The van der Waals surface area contributed by atoms with Gasteiger partial charge in [0, 0.05) is 23.6 Å². The molecule has 226 valence electrons. The molecule has 0 bridgehead atoms. The van der Waals surface area contributed by atoms with Gasteiger partial charge in [-0.25, -0.2) is 9.07 Å². The van der Waals surface area contributed by atoms with Crippen molar-refractivity contribution in [1.82, 2.24) is 15.1 Å². The number of hydrogen-bond donors (Lipinski definition) is 2. The van der Waals surface area contributed by atoms with Crippen LogP contribution in [-0.2, 0) is 28.5 Å². The normalized spacial score (nSPS) is 17.5. The van der Waals surface area contributed by atoms with E-state index >= 15 is 0 Å². The fourth-order valence-electron chi connectivity index (χ4n) is 4.68. The highest BCUT2D eigenvalue weighted by atomic mass is 28.4. The summed E-state index contributed by atoms with van der Waals surface area (Å²) in [5.74, 6) is -2.25. The van der Waals surface area contributed by atoms with Gasteiger partial charge in [0.2, 0.25) is 5.91 Å². The van der Waals surface area contributed by atoms with E-state index in [9.17, 15) is 27.2 Å². The number of aromatic nitrogens is 2. The van der Waals surface area contributed by atoms with E-state index in [-0.39, 0.29) is 17.2 Å². The number of halogens is 4. The molecule has 0 saturated heterocycles. The third kappa shape index (κ3) is 6.44. The predicted molar refractivity (Wildman–Crippen MR) is 154 cm³/mol. The summed E-state index contributed by atoms with van der Waals surface area (Å²) < 4.78 is 62.1. The minimum absolute atomic E-state index is 0.0783. The van der Waals surface area contributed by atoms with E-state index in [0.717, 1.165) is 24.6 Å². The van der Waals surface area contributed by atoms with E-state index in [2.05, 4.69) is 44.5 Å². The molecule has 2 atom stereocenters. The topological polar surface area (TPSA) is 85.2 Å². The Morgan fingerprint density at radius 3 is 2.38 bits per heavy atom. The monoisotopic (exact) mass is 604 g/mol. The SMILES string of the molecule is CCCn1nc(CO[Si](C)(C)C(C)(C)C)c2c1NC(=O)[C@H](NC(=O)c1cccc(C(F)(F)F)c1)[C@@H]2c1ccc(F)cc1. The molecule has 0 aliphatic carbocycles. The lowest BCUT2D eigenvalue weighted by Crippen LogP contribution is -2.51. The van der Waals surface area contributed by atoms with Crippen molar-refractivity contribution in [3.05, 3.63) is 82.3 Å². The number of anilines is 1. The summed E-state index contributed by atoms with van der Waals surface area (Å²) in [5.41, 5.74) is 0.487. The Bertz CT molecular complexity index is 1460. The number of fused-ring (bicyclic) bond motifs is 1. The van der Waals surface area contributed by atoms with E-state index in [4.69, 9.17) is 9.52 Å². The smallest absolute Gasteiger partial charge is 0.411 e. The van der Waals surface area contributed by atoms with Crippen LogP contribution in [0.15, 0.2) is 48.5 Å². The molecule has 42 heavy (non-hydrogen) atoms. The summed E-state index contributed by atoms with van der Waals surface area (Å²) in [6.45, 7) is 13.2. The van der Waals surface area contributed by atoms with E-state index in [1.807, 2.05) is 6.92 Å². The van der Waals surface area contributed by atoms with Gasteiger partial charge in [-0.1, -0.05) is 45.9 Å². The number of hydrogen-bond acceptors (Lipinski definition) is 4. The first kappa shape index (κ1) is 31.4. The van der Waals surface area contributed by atoms with Gasteiger partial charge < -0.3 is 15.1 Å². The highest BCUT2D eigenvalue weighted by Crippen LogP contribution is 2.42. The van der Waals surface area contributed by atoms with Gasteiger partial charge >= 0.3 is 6.18 Å². The quantitative estimate of drug-likeness (QED) is 0.218. The summed E-state index contributed by atoms with van der Waals surface area (Å²) in [4.78, 5) is 26.9. The van der Waals surface area contributed by atoms with Crippen LogP contribution in [0.1, 0.15) is 72.8 Å². The molecule has 0 saturated carbocycles. The van der Waals surface area contributed by atoms with E-state index in [1.165, 1.54) is 30.3 Å². The molecule has 2 aromatic carbocycles. The predicted octanol–water partition coefficient (Wildman–Crippen LogP) is 6.86. The zero-order valence-corrected chi connectivity index (χ0v) is 25.5. The van der Waals surface area contributed by atoms with Crippen LogP contribution in [-0.4, -0.2) is 36.0 Å². The Morgan fingerprint density at radius 1 is 1.12 bits per heavy atom. The van der Waals surface area contributed by atoms with E-state index in [0.29, 0.717) is 29.2 Å². The van der Waals surface area contributed by atoms with E-state index in [1.54, 1.807) is 4.68 Å². The van der Waals surface area contributed by atoms with Gasteiger partial charge in [-0.15, -0.1) is 0 Å². The molecule has 0 spiro atoms. The molecule has 2 N–H and O–H groups in total. The standard InChI is InChI=1S/C30H36F4N4O3Si/c1-7-15-38-26-24(22(37-38)17-41-42(5,6)29(2,3)4)23(18-11-13-21(31)14-12-18)25(28(40)36-26)35-27(39)19-9-8-10-20(16-19)30(32,33)34/h8-14,16,23,25H,7,15,17H2,1-6H3,(H,35,39)(H,36,40)/t23-,25-/m1/s1. The Kier molecular flexibility index (Phi) is 8.71. The number of nitrogens with zero attached hydrogens (tertiary/aromatic N) is 2. The first-order valence-electron chi connectivity index (χ1n) is 13.8. The van der Waals surface area contributed by atoms with Crippen molar-refractivity contribution in [2.24, 2.45) is 0 Å². The van der Waals surface area contributed by atoms with Crippen LogP contribution in [0.3, 0.4) is 0 Å². The van der Waals surface area contributed by atoms with Crippen LogP contribution >= 0.6 is 0 Å². The number of aryl methyl sites for hydroxylation is 1. The van der Waals surface area contributed by atoms with Crippen LogP contribution < -0.4 is 10.6 Å². The van der Waals surface area contributed by atoms with Gasteiger partial charge in [0.25, 0.3) is 5.91 Å². The van der Waals surface area contributed by atoms with Gasteiger partial charge in [-0.3, -0.25) is 9.59 Å². The average molecular weight is 605 g/mol. The molecule has 4 rings (SSSR count). The molecule has 12 heteroatoms. The van der Waals surface area contributed by atoms with Crippen molar-refractivity contribution < 1.29 is 31.6 Å². The van der Waals surface area contributed by atoms with Gasteiger partial charge in [0.15, 0.2) is 8.32 Å². The maximum Gasteiger partial charge on any atom is 0.416 e. The highest BCUT2D eigenvalue weighted by Gasteiger charge is 2.44. The lowest BCUT2D eigenvalue weighted by molar-refractivity contribution is -0.137. The second-order valence-electron chi connectivity index (χ2n) is 12.0. The third-order valence-corrected chi connectivity index (χ3v) is 12.5. The minimum Gasteiger partial charge on any atom is -0.411 e. The van der Waals surface area contributed by atoms with Crippen molar-refractivity contribution in [1.29, 1.82) is 0 Å². The van der Waals surface area contributed by atoms with Gasteiger partial charge in [0.05, 0.1) is 17.9 Å². The lowest BCUT2D eigenvalue weighted by Gasteiger charge is -2.36. The number of carbonyl (C=O) groups excluding carboxylic acids is 2. The number of amides is 2. The number of carbonyl (C=O) groups is 2. The highest BCUT2D eigenvalue weighted by molar-refractivity contribution is 6.74. The van der Waals surface area contributed by atoms with Gasteiger partial charge in [-0.05, 0) is 60.4 Å². The molecule has 0 radical (unpaired) electrons. The van der Waals surface area contributed by atoms with Crippen molar-refractivity contribution in [3.63, 3.8) is 0 Å². The van der Waals surface area contributed by atoms with Crippen LogP contribution in [0.5, 0.6) is 0 Å². The van der Waals surface area contributed by atoms with Crippen molar-refractivity contribution >= 4 is 25.9 Å². The molecule has 1 aliphatic rings. The lowest BCUT2D eigenvalue weighted by atomic mass is 9.81. The first-order chi connectivity index (χ1) is 19.5. The molecular weight excluding hydrogens is 568 g/mol. The number of benzene rings is 2. The van der Waals surface area contributed by atoms with Crippen LogP contribution in [0.2, 0.25) is 18.1 Å². The Hall–Kier alpha value is -3.51. The maximum atomic E-state index is 14.0. The zero-order chi connectivity index (χ0) is 31.0. The van der Waals surface area contributed by atoms with Crippen molar-refractivity contribution in [2.45, 2.75) is 83.5 Å². The second kappa shape index (κ2) is 11.6. The number of rotatable bonds is 8. The Labute approximate surface area is 243 Å². The van der Waals surface area contributed by atoms with Crippen molar-refractivity contribution in [2.75, 3.05) is 5.32 Å². The third-order valence-electron chi connectivity index (χ3n) is 8.01. The summed E-state index contributed by atoms with van der Waals surface area (Å²) in [6, 6.07) is 8.35. The first-order valence-corrected chi connectivity index (χ1v) is 16.7. The average Bonchev–Trinajstić information content (AvgIpc) is 3.24. The maximum absolute atomic E-state index is 14.0. The summed E-state index contributed by atoms with van der Waals surface area (Å²) >= 11 is 0. The molecule has 1 aromatic heterocycles. The summed E-state index contributed by atoms with van der Waals surface area (Å²) in [7, 11) is -2.22. The molecule has 2 heterocycles. The van der Waals surface area contributed by atoms with Crippen LogP contribution in [0.25, 0.3) is 0 Å². The summed E-state index contributed by atoms with van der Waals surface area (Å²) in [6.07, 6.45) is -3.92. The van der Waals surface area contributed by atoms with Crippen LogP contribution in [0.4, 0.5) is 23.4 Å². The number of alkyl halides is 3. The van der Waals surface area contributed by atoms with Gasteiger partial charge in [-0.2, -0.15) is 18.3 Å². The largest absolute Gasteiger partial charge is 0.416 e. The molecule has 2 amide bonds. The molecule has 3 aromatic rings. The van der Waals surface area contributed by atoms with Gasteiger partial charge in [0.1, 0.15) is 17.7 Å². The fraction of sp³-hybridized carbons (Fsp3) is 0.433. The van der Waals surface area contributed by atoms with Crippen molar-refractivity contribution in [3.8, 4) is 0 Å². The molecule has 0 unspecified atom stereocenters. The Morgan fingerprint density at radius 2 is 1.79 bits per heavy atom. The minimum atomic E-state index is -4.64. The molecule has 1 aliphatic heterocycles. The number of nitrogens with one attached hydrogen (secondary N) is 2. The van der Waals surface area contributed by atoms with Crippen LogP contribution in [0, 0.1) is 5.82 Å². The molecular formula is C30H36F4N4O3Si. The fourth-order valence-corrected chi connectivity index (χ4v) is 5.61. The molecule has 0 fully saturated rings.